The number of β-amino-alcohol motifs (C(OH)–C–C–N with tert-alkyl or cyclic N) is 1. The lowest BCUT2D eigenvalue weighted by Crippen LogP contribution is -2.47. The minimum atomic E-state index is -0.432. The number of carbonyl (C=O) groups is 1. The van der Waals surface area contributed by atoms with Crippen LogP contribution in [-0.4, -0.2) is 60.0 Å². The molecule has 0 atom stereocenters. The van der Waals surface area contributed by atoms with Crippen LogP contribution in [0.15, 0.2) is 6.07 Å². The van der Waals surface area contributed by atoms with Gasteiger partial charge in [-0.3, -0.25) is 19.8 Å². The van der Waals surface area contributed by atoms with E-state index in [1.54, 1.807) is 0 Å². The lowest BCUT2D eigenvalue weighted by atomic mass is 10.3. The van der Waals surface area contributed by atoms with Gasteiger partial charge in [0.05, 0.1) is 16.4 Å². The highest BCUT2D eigenvalue weighted by molar-refractivity contribution is 7.18. The van der Waals surface area contributed by atoms with Crippen molar-refractivity contribution in [2.75, 3.05) is 44.2 Å². The Kier molecular flexibility index (Phi) is 4.69. The summed E-state index contributed by atoms with van der Waals surface area (Å²) in [7, 11) is 0. The summed E-state index contributed by atoms with van der Waals surface area (Å²) < 4.78 is 0. The van der Waals surface area contributed by atoms with E-state index in [-0.39, 0.29) is 18.1 Å². The molecule has 0 aliphatic carbocycles. The average Bonchev–Trinajstić information content (AvgIpc) is 2.85. The predicted octanol–water partition coefficient (Wildman–Crippen LogP) is 0.973. The van der Waals surface area contributed by atoms with Gasteiger partial charge in [-0.25, -0.2) is 0 Å². The Morgan fingerprint density at radius 1 is 1.45 bits per heavy atom. The van der Waals surface area contributed by atoms with Gasteiger partial charge in [0.25, 0.3) is 0 Å². The molecule has 0 amide bonds. The van der Waals surface area contributed by atoms with Gasteiger partial charge in [0, 0.05) is 38.8 Å². The highest BCUT2D eigenvalue weighted by Gasteiger charge is 2.27. The molecule has 1 fully saturated rings. The molecule has 2 rings (SSSR count). The van der Waals surface area contributed by atoms with E-state index < -0.39 is 4.92 Å². The van der Waals surface area contributed by atoms with E-state index in [1.807, 2.05) is 4.90 Å². The molecule has 1 saturated heterocycles. The van der Waals surface area contributed by atoms with Crippen LogP contribution >= 0.6 is 11.3 Å². The minimum absolute atomic E-state index is 0.0100. The molecule has 0 saturated carbocycles. The predicted molar refractivity (Wildman–Crippen MR) is 76.7 cm³/mol. The fourth-order valence-electron chi connectivity index (χ4n) is 2.22. The summed E-state index contributed by atoms with van der Waals surface area (Å²) >= 11 is 1.18. The Bertz CT molecular complexity index is 509. The zero-order valence-electron chi connectivity index (χ0n) is 11.2. The van der Waals surface area contributed by atoms with Gasteiger partial charge in [-0.2, -0.15) is 0 Å². The van der Waals surface area contributed by atoms with Crippen LogP contribution in [-0.2, 0) is 0 Å². The molecule has 0 unspecified atom stereocenters. The largest absolute Gasteiger partial charge is 0.395 e. The Hall–Kier alpha value is -1.51. The van der Waals surface area contributed by atoms with Crippen LogP contribution in [0.25, 0.3) is 0 Å². The van der Waals surface area contributed by atoms with Crippen LogP contribution < -0.4 is 4.90 Å². The zero-order chi connectivity index (χ0) is 14.7. The molecule has 20 heavy (non-hydrogen) atoms. The SMILES string of the molecule is CC(=O)c1cc([N+](=O)[O-])c(N2CCN(CCO)CC2)s1. The van der Waals surface area contributed by atoms with Crippen molar-refractivity contribution < 1.29 is 14.8 Å². The average molecular weight is 299 g/mol. The molecule has 1 aromatic rings. The molecule has 110 valence electrons. The van der Waals surface area contributed by atoms with Gasteiger partial charge in [-0.1, -0.05) is 0 Å². The first kappa shape index (κ1) is 14.9. The fraction of sp³-hybridized carbons (Fsp3) is 0.583. The van der Waals surface area contributed by atoms with Crippen molar-refractivity contribution in [2.24, 2.45) is 0 Å². The van der Waals surface area contributed by atoms with E-state index in [0.29, 0.717) is 29.5 Å². The molecule has 0 radical (unpaired) electrons. The number of thiophene rings is 1. The van der Waals surface area contributed by atoms with Crippen molar-refractivity contribution in [2.45, 2.75) is 6.92 Å². The van der Waals surface area contributed by atoms with E-state index in [2.05, 4.69) is 4.90 Å². The summed E-state index contributed by atoms with van der Waals surface area (Å²) in [6, 6.07) is 1.36. The molecule has 0 bridgehead atoms. The van der Waals surface area contributed by atoms with Crippen LogP contribution in [0, 0.1) is 10.1 Å². The molecule has 0 spiro atoms. The summed E-state index contributed by atoms with van der Waals surface area (Å²) in [4.78, 5) is 26.5. The van der Waals surface area contributed by atoms with Crippen molar-refractivity contribution in [3.05, 3.63) is 21.1 Å². The number of Topliss-reactive ketones (excluding diaryl/α,β-unsaturated/α-hetero) is 1. The Labute approximate surface area is 120 Å². The maximum atomic E-state index is 11.4. The number of nitrogens with zero attached hydrogens (tertiary/aromatic N) is 3. The summed E-state index contributed by atoms with van der Waals surface area (Å²) in [5.41, 5.74) is 0.0100. The van der Waals surface area contributed by atoms with Gasteiger partial charge in [0.1, 0.15) is 0 Å². The number of aliphatic hydroxyl groups excluding tert-OH is 1. The number of ketones is 1. The van der Waals surface area contributed by atoms with Crippen molar-refractivity contribution in [1.29, 1.82) is 0 Å². The monoisotopic (exact) mass is 299 g/mol. The van der Waals surface area contributed by atoms with E-state index in [9.17, 15) is 14.9 Å². The first-order chi connectivity index (χ1) is 9.52. The second-order valence-electron chi connectivity index (χ2n) is 4.67. The summed E-state index contributed by atoms with van der Waals surface area (Å²) in [5, 5.41) is 20.6. The smallest absolute Gasteiger partial charge is 0.304 e. The third-order valence-corrected chi connectivity index (χ3v) is 4.60. The number of anilines is 1. The number of hydrogen-bond acceptors (Lipinski definition) is 7. The molecule has 0 aromatic carbocycles. The molecular weight excluding hydrogens is 282 g/mol. The summed E-state index contributed by atoms with van der Waals surface area (Å²) in [6.07, 6.45) is 0. The standard InChI is InChI=1S/C12H17N3O4S/c1-9(17)11-8-10(15(18)19)12(20-11)14-4-2-13(3-5-14)6-7-16/h8,16H,2-7H2,1H3. The zero-order valence-corrected chi connectivity index (χ0v) is 12.1. The molecule has 7 nitrogen and oxygen atoms in total. The van der Waals surface area contributed by atoms with Gasteiger partial charge in [-0.05, 0) is 6.92 Å². The highest BCUT2D eigenvalue weighted by Crippen LogP contribution is 2.38. The van der Waals surface area contributed by atoms with Gasteiger partial charge < -0.3 is 10.0 Å². The maximum Gasteiger partial charge on any atom is 0.304 e. The third kappa shape index (κ3) is 3.14. The molecule has 1 N–H and O–H groups in total. The number of rotatable bonds is 5. The van der Waals surface area contributed by atoms with Gasteiger partial charge in [0.2, 0.25) is 0 Å². The van der Waals surface area contributed by atoms with Crippen LogP contribution in [0.2, 0.25) is 0 Å². The minimum Gasteiger partial charge on any atom is -0.395 e. The Morgan fingerprint density at radius 2 is 2.10 bits per heavy atom. The molecule has 2 heterocycles. The number of piperazine rings is 1. The quantitative estimate of drug-likeness (QED) is 0.495. The molecule has 1 aliphatic heterocycles. The molecule has 8 heteroatoms. The Balaban J connectivity index is 2.16. The number of nitro groups is 1. The maximum absolute atomic E-state index is 11.4. The second-order valence-corrected chi connectivity index (χ2v) is 5.70. The van der Waals surface area contributed by atoms with Gasteiger partial charge in [-0.15, -0.1) is 11.3 Å². The summed E-state index contributed by atoms with van der Waals surface area (Å²) in [6.45, 7) is 5.00. The van der Waals surface area contributed by atoms with Crippen LogP contribution in [0.5, 0.6) is 0 Å². The first-order valence-electron chi connectivity index (χ1n) is 6.40. The van der Waals surface area contributed by atoms with Crippen LogP contribution in [0.4, 0.5) is 10.7 Å². The summed E-state index contributed by atoms with van der Waals surface area (Å²) in [5.74, 6) is -0.150. The van der Waals surface area contributed by atoms with Crippen LogP contribution in [0.3, 0.4) is 0 Å². The topological polar surface area (TPSA) is 86.9 Å². The van der Waals surface area contributed by atoms with Crippen molar-refractivity contribution in [3.8, 4) is 0 Å². The first-order valence-corrected chi connectivity index (χ1v) is 7.22. The van der Waals surface area contributed by atoms with Crippen molar-refractivity contribution in [1.82, 2.24) is 4.90 Å². The van der Waals surface area contributed by atoms with Crippen LogP contribution in [0.1, 0.15) is 16.6 Å². The molecule has 1 aliphatic rings. The van der Waals surface area contributed by atoms with Crippen molar-refractivity contribution >= 4 is 27.8 Å². The fourth-order valence-corrected chi connectivity index (χ4v) is 3.29. The molecular formula is C12H17N3O4S. The highest BCUT2D eigenvalue weighted by atomic mass is 32.1. The lowest BCUT2D eigenvalue weighted by Gasteiger charge is -2.34. The third-order valence-electron chi connectivity index (χ3n) is 3.31. The number of carbonyl (C=O) groups excluding carboxylic acids is 1. The second kappa shape index (κ2) is 6.29. The van der Waals surface area contributed by atoms with E-state index in [0.717, 1.165) is 13.1 Å². The normalized spacial score (nSPS) is 16.4. The Morgan fingerprint density at radius 3 is 2.60 bits per heavy atom. The molecule has 1 aromatic heterocycles. The number of aliphatic hydroxyl groups is 1. The van der Waals surface area contributed by atoms with Crippen molar-refractivity contribution in [3.63, 3.8) is 0 Å². The number of hydrogen-bond donors (Lipinski definition) is 1. The van der Waals surface area contributed by atoms with E-state index in [1.165, 1.54) is 24.3 Å². The van der Waals surface area contributed by atoms with Gasteiger partial charge in [0.15, 0.2) is 10.8 Å². The van der Waals surface area contributed by atoms with E-state index >= 15 is 0 Å². The van der Waals surface area contributed by atoms with Gasteiger partial charge >= 0.3 is 5.69 Å². The lowest BCUT2D eigenvalue weighted by molar-refractivity contribution is -0.383. The van der Waals surface area contributed by atoms with E-state index in [4.69, 9.17) is 5.11 Å².